The molecule has 4 atom stereocenters. The summed E-state index contributed by atoms with van der Waals surface area (Å²) < 4.78 is 0. The molecule has 0 heterocycles. The molecule has 0 unspecified atom stereocenters. The molecule has 0 amide bonds. The van der Waals surface area contributed by atoms with Gasteiger partial charge in [0.2, 0.25) is 0 Å². The van der Waals surface area contributed by atoms with Gasteiger partial charge >= 0.3 is 26.2 Å². The SMILES string of the molecule is C[CH-][C@H]1[C@@H]2CC[C@@H](C2)[C@H]1[N-]c1ccccc1.[CH]1[CH][CH][CH][CH]1.[CH]1[CH][CH][CH][CH]1.[Zr+4]. The zero-order valence-electron chi connectivity index (χ0n) is 16.1. The number of hydrogen-bond acceptors (Lipinski definition) is 0. The zero-order valence-corrected chi connectivity index (χ0v) is 18.6. The number of benzene rings is 1. The molecular formula is C25H29NZr+2. The second-order valence-corrected chi connectivity index (χ2v) is 7.12. The van der Waals surface area contributed by atoms with E-state index in [9.17, 15) is 0 Å². The molecule has 2 heteroatoms. The Morgan fingerprint density at radius 3 is 1.70 bits per heavy atom. The van der Waals surface area contributed by atoms with Crippen molar-refractivity contribution in [3.8, 4) is 0 Å². The molecule has 5 rings (SSSR count). The average molecular weight is 435 g/mol. The number of nitrogens with zero attached hydrogens (tertiary/aromatic N) is 1. The number of hydrogen-bond donors (Lipinski definition) is 0. The fourth-order valence-corrected chi connectivity index (χ4v) is 4.29. The van der Waals surface area contributed by atoms with Crippen molar-refractivity contribution in [1.82, 2.24) is 0 Å². The third-order valence-electron chi connectivity index (χ3n) is 5.49. The molecule has 4 saturated carbocycles. The first-order valence-electron chi connectivity index (χ1n) is 9.77. The number of para-hydroxylation sites is 1. The summed E-state index contributed by atoms with van der Waals surface area (Å²) in [6.45, 7) is 2.21. The maximum absolute atomic E-state index is 4.96. The predicted octanol–water partition coefficient (Wildman–Crippen LogP) is 6.37. The molecule has 1 aromatic rings. The van der Waals surface area contributed by atoms with Gasteiger partial charge in [-0.25, -0.2) is 0 Å². The van der Waals surface area contributed by atoms with Crippen molar-refractivity contribution < 1.29 is 26.2 Å². The van der Waals surface area contributed by atoms with E-state index in [0.29, 0.717) is 6.04 Å². The Bertz CT molecular complexity index is 455. The van der Waals surface area contributed by atoms with E-state index in [0.717, 1.165) is 23.4 Å². The molecule has 0 aliphatic heterocycles. The molecule has 136 valence electrons. The molecule has 0 spiro atoms. The quantitative estimate of drug-likeness (QED) is 0.491. The summed E-state index contributed by atoms with van der Waals surface area (Å²) in [7, 11) is 0. The van der Waals surface area contributed by atoms with Crippen LogP contribution >= 0.6 is 0 Å². The second-order valence-electron chi connectivity index (χ2n) is 7.12. The molecule has 2 bridgehead atoms. The Hall–Kier alpha value is -0.0969. The minimum atomic E-state index is 0. The van der Waals surface area contributed by atoms with Crippen molar-refractivity contribution >= 4 is 5.69 Å². The van der Waals surface area contributed by atoms with Crippen LogP contribution in [0, 0.1) is 88.4 Å². The Morgan fingerprint density at radius 2 is 1.22 bits per heavy atom. The van der Waals surface area contributed by atoms with Crippen LogP contribution in [0.4, 0.5) is 5.69 Å². The standard InChI is InChI=1S/C15H19N.2C5H5.Zr/c1-2-14-11-8-9-12(10-11)15(14)16-13-6-4-3-5-7-13;2*1-2-4-5-3-1;/h2-7,11-12,14-15H,8-10H2,1H3;2*1-5H;/q-2;;;+4/t11-,12+,14+,15-;;;/m1.../s1. The number of fused-ring (bicyclic) bond motifs is 2. The minimum Gasteiger partial charge on any atom is -0.683 e. The van der Waals surface area contributed by atoms with Crippen LogP contribution in [0.1, 0.15) is 26.2 Å². The Morgan fingerprint density at radius 1 is 0.741 bits per heavy atom. The number of rotatable bonds is 3. The molecule has 4 aliphatic carbocycles. The van der Waals surface area contributed by atoms with Crippen LogP contribution < -0.4 is 0 Å². The van der Waals surface area contributed by atoms with Crippen LogP contribution in [0.15, 0.2) is 30.3 Å². The van der Waals surface area contributed by atoms with Crippen molar-refractivity contribution in [3.63, 3.8) is 0 Å². The normalized spacial score (nSPS) is 30.6. The Kier molecular flexibility index (Phi) is 11.3. The van der Waals surface area contributed by atoms with Gasteiger partial charge in [0.25, 0.3) is 0 Å². The zero-order chi connectivity index (χ0) is 18.0. The van der Waals surface area contributed by atoms with Gasteiger partial charge in [-0.05, 0) is 64.2 Å². The van der Waals surface area contributed by atoms with E-state index in [2.05, 4.69) is 43.7 Å². The molecule has 4 fully saturated rings. The van der Waals surface area contributed by atoms with Gasteiger partial charge < -0.3 is 11.7 Å². The molecule has 1 aromatic carbocycles. The maximum atomic E-state index is 4.96. The Balaban J connectivity index is 0.000000195. The van der Waals surface area contributed by atoms with Crippen LogP contribution in [0.3, 0.4) is 0 Å². The third-order valence-corrected chi connectivity index (χ3v) is 5.49. The molecule has 0 saturated heterocycles. The van der Waals surface area contributed by atoms with E-state index >= 15 is 0 Å². The summed E-state index contributed by atoms with van der Waals surface area (Å²) in [6.07, 6.45) is 26.6. The molecular weight excluding hydrogens is 406 g/mol. The van der Waals surface area contributed by atoms with E-state index in [-0.39, 0.29) is 26.2 Å². The summed E-state index contributed by atoms with van der Waals surface area (Å²) in [5.74, 6) is 2.51. The third kappa shape index (κ3) is 7.34. The van der Waals surface area contributed by atoms with Gasteiger partial charge in [-0.1, -0.05) is 61.4 Å². The summed E-state index contributed by atoms with van der Waals surface area (Å²) in [4.78, 5) is 0. The fraction of sp³-hybridized carbons (Fsp3) is 0.320. The van der Waals surface area contributed by atoms with E-state index < -0.39 is 0 Å². The first kappa shape index (κ1) is 23.2. The van der Waals surface area contributed by atoms with Gasteiger partial charge in [0.1, 0.15) is 0 Å². The first-order chi connectivity index (χ1) is 12.9. The van der Waals surface area contributed by atoms with Crippen molar-refractivity contribution in [2.45, 2.75) is 32.2 Å². The summed E-state index contributed by atoms with van der Waals surface area (Å²) >= 11 is 0. The molecule has 0 N–H and O–H groups in total. The molecule has 10 radical (unpaired) electrons. The van der Waals surface area contributed by atoms with E-state index in [1.807, 2.05) is 64.2 Å². The van der Waals surface area contributed by atoms with E-state index in [1.165, 1.54) is 19.3 Å². The van der Waals surface area contributed by atoms with Crippen LogP contribution in [-0.2, 0) is 26.2 Å². The monoisotopic (exact) mass is 433 g/mol. The summed E-state index contributed by atoms with van der Waals surface area (Å²) in [6, 6.07) is 11.0. The van der Waals surface area contributed by atoms with Crippen LogP contribution in [0.2, 0.25) is 0 Å². The molecule has 1 nitrogen and oxygen atoms in total. The molecule has 4 aliphatic rings. The van der Waals surface area contributed by atoms with E-state index in [4.69, 9.17) is 5.32 Å². The minimum absolute atomic E-state index is 0. The summed E-state index contributed by atoms with van der Waals surface area (Å²) in [5, 5.41) is 4.96. The van der Waals surface area contributed by atoms with Gasteiger partial charge in [0.15, 0.2) is 0 Å². The summed E-state index contributed by atoms with van der Waals surface area (Å²) in [5.41, 5.74) is 1.16. The first-order valence-corrected chi connectivity index (χ1v) is 9.77. The fourth-order valence-electron chi connectivity index (χ4n) is 4.29. The molecule has 0 aromatic heterocycles. The van der Waals surface area contributed by atoms with Crippen LogP contribution in [-0.4, -0.2) is 6.04 Å². The van der Waals surface area contributed by atoms with Gasteiger partial charge in [-0.15, -0.1) is 11.7 Å². The van der Waals surface area contributed by atoms with E-state index in [1.54, 1.807) is 0 Å². The topological polar surface area (TPSA) is 14.1 Å². The van der Waals surface area contributed by atoms with Crippen molar-refractivity contribution in [2.75, 3.05) is 0 Å². The van der Waals surface area contributed by atoms with Crippen LogP contribution in [0.5, 0.6) is 0 Å². The maximum Gasteiger partial charge on any atom is 4.00 e. The predicted molar refractivity (Wildman–Crippen MR) is 111 cm³/mol. The smallest absolute Gasteiger partial charge is 0.683 e. The van der Waals surface area contributed by atoms with Gasteiger partial charge in [-0.3, -0.25) is 0 Å². The van der Waals surface area contributed by atoms with Gasteiger partial charge in [0.05, 0.1) is 0 Å². The molecule has 27 heavy (non-hydrogen) atoms. The Labute approximate surface area is 187 Å². The van der Waals surface area contributed by atoms with Gasteiger partial charge in [-0.2, -0.15) is 12.8 Å². The largest absolute Gasteiger partial charge is 4.00 e. The second kappa shape index (κ2) is 13.2. The van der Waals surface area contributed by atoms with Crippen LogP contribution in [0.25, 0.3) is 5.32 Å². The average Bonchev–Trinajstić information content (AvgIpc) is 3.51. The van der Waals surface area contributed by atoms with Crippen molar-refractivity contribution in [3.05, 3.63) is 106 Å². The van der Waals surface area contributed by atoms with Crippen molar-refractivity contribution in [2.24, 2.45) is 17.8 Å². The van der Waals surface area contributed by atoms with Gasteiger partial charge in [0, 0.05) is 0 Å². The van der Waals surface area contributed by atoms with Crippen molar-refractivity contribution in [1.29, 1.82) is 0 Å².